The maximum Gasteiger partial charge on any atom is 0.251 e. The first kappa shape index (κ1) is 22.0. The number of carbonyl (C=O) groups is 1. The molecule has 0 radical (unpaired) electrons. The normalized spacial score (nSPS) is 14.2. The Morgan fingerprint density at radius 1 is 1.30 bits per heavy atom. The Labute approximate surface area is 152 Å². The number of rotatable bonds is 8. The van der Waals surface area contributed by atoms with Crippen molar-refractivity contribution in [3.8, 4) is 0 Å². The predicted octanol–water partition coefficient (Wildman–Crippen LogP) is 3.23. The standard InChI is InChI=1S/C17H27N3O.2ClH/c1-3-4-11-20(2)15-9-7-14(8-10-15)17(21)19-12-16(18)13-5-6-13;;/h7-10,13,16H,3-6,11-12,18H2,1-2H3,(H,19,21);2*1H. The molecule has 1 aliphatic carbocycles. The number of hydrogen-bond donors (Lipinski definition) is 2. The maximum absolute atomic E-state index is 12.1. The lowest BCUT2D eigenvalue weighted by atomic mass is 10.1. The van der Waals surface area contributed by atoms with Gasteiger partial charge in [0.05, 0.1) is 0 Å². The summed E-state index contributed by atoms with van der Waals surface area (Å²) in [6, 6.07) is 7.89. The second-order valence-corrected chi connectivity index (χ2v) is 6.03. The minimum absolute atomic E-state index is 0. The van der Waals surface area contributed by atoms with Gasteiger partial charge in [-0.2, -0.15) is 0 Å². The van der Waals surface area contributed by atoms with E-state index in [-0.39, 0.29) is 36.8 Å². The van der Waals surface area contributed by atoms with Crippen molar-refractivity contribution in [1.29, 1.82) is 0 Å². The number of hydrogen-bond acceptors (Lipinski definition) is 3. The fourth-order valence-electron chi connectivity index (χ4n) is 2.40. The molecule has 0 aliphatic heterocycles. The van der Waals surface area contributed by atoms with E-state index in [1.807, 2.05) is 24.3 Å². The summed E-state index contributed by atoms with van der Waals surface area (Å²) in [5, 5.41) is 2.93. The molecule has 4 nitrogen and oxygen atoms in total. The fraction of sp³-hybridized carbons (Fsp3) is 0.588. The SMILES string of the molecule is CCCCN(C)c1ccc(C(=O)NCC(N)C2CC2)cc1.Cl.Cl. The van der Waals surface area contributed by atoms with Gasteiger partial charge in [-0.25, -0.2) is 0 Å². The van der Waals surface area contributed by atoms with Crippen LogP contribution < -0.4 is 16.0 Å². The zero-order chi connectivity index (χ0) is 15.2. The minimum Gasteiger partial charge on any atom is -0.375 e. The number of nitrogens with two attached hydrogens (primary N) is 1. The van der Waals surface area contributed by atoms with Gasteiger partial charge >= 0.3 is 0 Å². The van der Waals surface area contributed by atoms with Gasteiger partial charge in [-0.1, -0.05) is 13.3 Å². The number of amides is 1. The van der Waals surface area contributed by atoms with E-state index in [9.17, 15) is 4.79 Å². The van der Waals surface area contributed by atoms with Crippen LogP contribution in [0.5, 0.6) is 0 Å². The van der Waals surface area contributed by atoms with Crippen molar-refractivity contribution in [1.82, 2.24) is 5.32 Å². The third kappa shape index (κ3) is 6.98. The first-order valence-electron chi connectivity index (χ1n) is 7.96. The number of benzene rings is 1. The third-order valence-electron chi connectivity index (χ3n) is 4.14. The smallest absolute Gasteiger partial charge is 0.251 e. The van der Waals surface area contributed by atoms with Crippen molar-refractivity contribution >= 4 is 36.4 Å². The fourth-order valence-corrected chi connectivity index (χ4v) is 2.40. The summed E-state index contributed by atoms with van der Waals surface area (Å²) >= 11 is 0. The molecule has 1 fully saturated rings. The van der Waals surface area contributed by atoms with Crippen LogP contribution in [0.3, 0.4) is 0 Å². The molecule has 3 N–H and O–H groups in total. The molecule has 1 saturated carbocycles. The molecule has 23 heavy (non-hydrogen) atoms. The topological polar surface area (TPSA) is 58.4 Å². The molecule has 1 aromatic rings. The Balaban J connectivity index is 0.00000242. The molecular weight excluding hydrogens is 333 g/mol. The number of nitrogens with zero attached hydrogens (tertiary/aromatic N) is 1. The lowest BCUT2D eigenvalue weighted by molar-refractivity contribution is 0.0950. The van der Waals surface area contributed by atoms with Gasteiger partial charge < -0.3 is 16.0 Å². The second kappa shape index (κ2) is 10.7. The molecular formula is C17H29Cl2N3O. The molecule has 0 aromatic heterocycles. The highest BCUT2D eigenvalue weighted by Crippen LogP contribution is 2.31. The summed E-state index contributed by atoms with van der Waals surface area (Å²) in [5.41, 5.74) is 7.84. The van der Waals surface area contributed by atoms with Crippen molar-refractivity contribution in [2.75, 3.05) is 25.0 Å². The lowest BCUT2D eigenvalue weighted by Crippen LogP contribution is -2.38. The van der Waals surface area contributed by atoms with Crippen molar-refractivity contribution < 1.29 is 4.79 Å². The summed E-state index contributed by atoms with van der Waals surface area (Å²) in [7, 11) is 2.08. The van der Waals surface area contributed by atoms with Crippen LogP contribution in [0.25, 0.3) is 0 Å². The van der Waals surface area contributed by atoms with E-state index in [1.54, 1.807) is 0 Å². The molecule has 0 bridgehead atoms. The minimum atomic E-state index is -0.0335. The number of anilines is 1. The molecule has 1 aliphatic rings. The van der Waals surface area contributed by atoms with Gasteiger partial charge in [-0.05, 0) is 49.4 Å². The van der Waals surface area contributed by atoms with E-state index < -0.39 is 0 Å². The summed E-state index contributed by atoms with van der Waals surface area (Å²) in [4.78, 5) is 14.3. The van der Waals surface area contributed by atoms with Crippen molar-refractivity contribution in [2.45, 2.75) is 38.6 Å². The van der Waals surface area contributed by atoms with Crippen molar-refractivity contribution in [3.05, 3.63) is 29.8 Å². The van der Waals surface area contributed by atoms with Gasteiger partial charge in [0.15, 0.2) is 0 Å². The molecule has 0 spiro atoms. The first-order valence-corrected chi connectivity index (χ1v) is 7.96. The summed E-state index contributed by atoms with van der Waals surface area (Å²) in [6.07, 6.45) is 4.77. The van der Waals surface area contributed by atoms with E-state index >= 15 is 0 Å². The molecule has 1 aromatic carbocycles. The monoisotopic (exact) mass is 361 g/mol. The van der Waals surface area contributed by atoms with Crippen LogP contribution in [0.1, 0.15) is 43.0 Å². The maximum atomic E-state index is 12.1. The van der Waals surface area contributed by atoms with Crippen LogP contribution in [0.2, 0.25) is 0 Å². The van der Waals surface area contributed by atoms with Crippen LogP contribution in [0, 0.1) is 5.92 Å². The van der Waals surface area contributed by atoms with Gasteiger partial charge in [-0.15, -0.1) is 24.8 Å². The zero-order valence-corrected chi connectivity index (χ0v) is 15.6. The summed E-state index contributed by atoms with van der Waals surface area (Å²) < 4.78 is 0. The highest BCUT2D eigenvalue weighted by Gasteiger charge is 2.28. The first-order chi connectivity index (χ1) is 10.1. The lowest BCUT2D eigenvalue weighted by Gasteiger charge is -2.19. The largest absolute Gasteiger partial charge is 0.375 e. The molecule has 0 heterocycles. The molecule has 1 amide bonds. The second-order valence-electron chi connectivity index (χ2n) is 6.03. The number of halogens is 2. The van der Waals surface area contributed by atoms with Crippen molar-refractivity contribution in [2.24, 2.45) is 11.7 Å². The molecule has 6 heteroatoms. The zero-order valence-electron chi connectivity index (χ0n) is 14.0. The Kier molecular flexibility index (Phi) is 10.3. The van der Waals surface area contributed by atoms with Crippen LogP contribution >= 0.6 is 24.8 Å². The van der Waals surface area contributed by atoms with Gasteiger partial charge in [0.2, 0.25) is 0 Å². The van der Waals surface area contributed by atoms with E-state index in [1.165, 1.54) is 25.7 Å². The van der Waals surface area contributed by atoms with Gasteiger partial charge in [0.1, 0.15) is 0 Å². The van der Waals surface area contributed by atoms with Gasteiger partial charge in [0.25, 0.3) is 5.91 Å². The van der Waals surface area contributed by atoms with Gasteiger partial charge in [0, 0.05) is 37.4 Å². The highest BCUT2D eigenvalue weighted by molar-refractivity contribution is 5.94. The van der Waals surface area contributed by atoms with Gasteiger partial charge in [-0.3, -0.25) is 4.79 Å². The average Bonchev–Trinajstić information content (AvgIpc) is 3.35. The van der Waals surface area contributed by atoms with E-state index in [2.05, 4.69) is 24.2 Å². The molecule has 1 atom stereocenters. The molecule has 2 rings (SSSR count). The number of unbranched alkanes of at least 4 members (excludes halogenated alkanes) is 1. The van der Waals surface area contributed by atoms with Crippen LogP contribution in [0.4, 0.5) is 5.69 Å². The van der Waals surface area contributed by atoms with Crippen LogP contribution in [-0.4, -0.2) is 32.1 Å². The quantitative estimate of drug-likeness (QED) is 0.747. The van der Waals surface area contributed by atoms with Crippen molar-refractivity contribution in [3.63, 3.8) is 0 Å². The molecule has 0 saturated heterocycles. The Morgan fingerprint density at radius 3 is 2.43 bits per heavy atom. The third-order valence-corrected chi connectivity index (χ3v) is 4.14. The summed E-state index contributed by atoms with van der Waals surface area (Å²) in [5.74, 6) is 0.578. The number of nitrogens with one attached hydrogen (secondary N) is 1. The molecule has 1 unspecified atom stereocenters. The predicted molar refractivity (Wildman–Crippen MR) is 102 cm³/mol. The van der Waals surface area contributed by atoms with Crippen LogP contribution in [0.15, 0.2) is 24.3 Å². The highest BCUT2D eigenvalue weighted by atomic mass is 35.5. The number of carbonyl (C=O) groups excluding carboxylic acids is 1. The molecule has 132 valence electrons. The van der Waals surface area contributed by atoms with E-state index in [0.717, 1.165) is 12.2 Å². The van der Waals surface area contributed by atoms with E-state index in [0.29, 0.717) is 18.0 Å². The van der Waals surface area contributed by atoms with E-state index in [4.69, 9.17) is 5.73 Å². The summed E-state index contributed by atoms with van der Waals surface area (Å²) in [6.45, 7) is 3.80. The Morgan fingerprint density at radius 2 is 1.91 bits per heavy atom. The van der Waals surface area contributed by atoms with Crippen LogP contribution in [-0.2, 0) is 0 Å². The Bertz CT molecular complexity index is 463. The Hall–Kier alpha value is -0.970. The average molecular weight is 362 g/mol.